The topological polar surface area (TPSA) is 21.3 Å². The molecule has 1 aromatic carbocycles. The molecule has 0 fully saturated rings. The van der Waals surface area contributed by atoms with Crippen molar-refractivity contribution in [2.45, 2.75) is 19.6 Å². The Bertz CT molecular complexity index is 406. The van der Waals surface area contributed by atoms with Crippen LogP contribution in [0.5, 0.6) is 0 Å². The molecule has 0 saturated heterocycles. The number of hydrogen-bond donors (Lipinski definition) is 1. The molecule has 1 aromatic rings. The Morgan fingerprint density at radius 2 is 1.95 bits per heavy atom. The predicted molar refractivity (Wildman–Crippen MR) is 64.1 cm³/mol. The minimum Gasteiger partial charge on any atom is -0.384 e. The van der Waals surface area contributed by atoms with E-state index in [2.05, 4.69) is 5.32 Å². The number of benzene rings is 1. The summed E-state index contributed by atoms with van der Waals surface area (Å²) in [5.41, 5.74) is -0.689. The smallest absolute Gasteiger partial charge is 0.384 e. The summed E-state index contributed by atoms with van der Waals surface area (Å²) in [6.07, 6.45) is -4.53. The van der Waals surface area contributed by atoms with Gasteiger partial charge in [-0.25, -0.2) is 4.39 Å². The Kier molecular flexibility index (Phi) is 5.75. The molecule has 0 saturated carbocycles. The third kappa shape index (κ3) is 5.57. The van der Waals surface area contributed by atoms with E-state index in [1.54, 1.807) is 7.11 Å². The van der Waals surface area contributed by atoms with Crippen LogP contribution in [-0.4, -0.2) is 20.3 Å². The van der Waals surface area contributed by atoms with E-state index in [1.807, 2.05) is 6.92 Å². The lowest BCUT2D eigenvalue weighted by Gasteiger charge is -2.13. The maximum Gasteiger partial charge on any atom is 0.416 e. The Morgan fingerprint density at radius 3 is 2.53 bits per heavy atom. The molecule has 19 heavy (non-hydrogen) atoms. The number of nitrogens with one attached hydrogen (secondary N) is 1. The Hall–Kier alpha value is -1.14. The normalized spacial score (nSPS) is 13.6. The van der Waals surface area contributed by atoms with Crippen molar-refractivity contribution in [1.82, 2.24) is 5.32 Å². The molecule has 0 aliphatic heterocycles. The first-order valence-corrected chi connectivity index (χ1v) is 5.89. The van der Waals surface area contributed by atoms with Gasteiger partial charge in [0.25, 0.3) is 0 Å². The van der Waals surface area contributed by atoms with Gasteiger partial charge in [-0.2, -0.15) is 13.2 Å². The van der Waals surface area contributed by atoms with Gasteiger partial charge >= 0.3 is 6.18 Å². The molecular formula is C13H17F4NO. The minimum atomic E-state index is -4.53. The van der Waals surface area contributed by atoms with E-state index in [1.165, 1.54) is 0 Å². The summed E-state index contributed by atoms with van der Waals surface area (Å²) >= 11 is 0. The van der Waals surface area contributed by atoms with Crippen molar-refractivity contribution in [1.29, 1.82) is 0 Å². The van der Waals surface area contributed by atoms with E-state index >= 15 is 0 Å². The van der Waals surface area contributed by atoms with Crippen molar-refractivity contribution >= 4 is 0 Å². The number of ether oxygens (including phenoxy) is 1. The van der Waals surface area contributed by atoms with Crippen molar-refractivity contribution in [3.63, 3.8) is 0 Å². The van der Waals surface area contributed by atoms with Crippen LogP contribution in [0.15, 0.2) is 18.2 Å². The summed E-state index contributed by atoms with van der Waals surface area (Å²) in [5, 5.41) is 2.98. The highest BCUT2D eigenvalue weighted by Crippen LogP contribution is 2.30. The van der Waals surface area contributed by atoms with Crippen LogP contribution in [0.25, 0.3) is 0 Å². The quantitative estimate of drug-likeness (QED) is 0.807. The summed E-state index contributed by atoms with van der Waals surface area (Å²) in [6.45, 7) is 3.29. The van der Waals surface area contributed by atoms with Gasteiger partial charge in [-0.1, -0.05) is 6.92 Å². The maximum atomic E-state index is 13.1. The molecule has 0 aliphatic rings. The zero-order chi connectivity index (χ0) is 14.5. The molecule has 2 nitrogen and oxygen atoms in total. The van der Waals surface area contributed by atoms with Crippen LogP contribution in [0.1, 0.15) is 18.1 Å². The monoisotopic (exact) mass is 279 g/mol. The molecule has 1 atom stereocenters. The van der Waals surface area contributed by atoms with Gasteiger partial charge in [-0.3, -0.25) is 0 Å². The Labute approximate surface area is 109 Å². The van der Waals surface area contributed by atoms with Gasteiger partial charge in [-0.15, -0.1) is 0 Å². The number of hydrogen-bond acceptors (Lipinski definition) is 2. The van der Waals surface area contributed by atoms with E-state index in [4.69, 9.17) is 4.74 Å². The predicted octanol–water partition coefficient (Wildman–Crippen LogP) is 3.22. The first-order chi connectivity index (χ1) is 8.82. The molecule has 0 aromatic heterocycles. The molecule has 0 radical (unpaired) electrons. The second-order valence-electron chi connectivity index (χ2n) is 4.54. The van der Waals surface area contributed by atoms with Gasteiger partial charge in [0.15, 0.2) is 0 Å². The van der Waals surface area contributed by atoms with Crippen LogP contribution in [0.4, 0.5) is 17.6 Å². The molecule has 1 unspecified atom stereocenters. The third-order valence-electron chi connectivity index (χ3n) is 2.56. The lowest BCUT2D eigenvalue weighted by atomic mass is 10.1. The first-order valence-electron chi connectivity index (χ1n) is 5.89. The van der Waals surface area contributed by atoms with Crippen LogP contribution in [0.2, 0.25) is 0 Å². The largest absolute Gasteiger partial charge is 0.416 e. The van der Waals surface area contributed by atoms with E-state index in [0.29, 0.717) is 19.2 Å². The second-order valence-corrected chi connectivity index (χ2v) is 4.54. The SMILES string of the molecule is COCC(C)CNCc1cc(F)cc(C(F)(F)F)c1. The lowest BCUT2D eigenvalue weighted by Crippen LogP contribution is -2.23. The van der Waals surface area contributed by atoms with Gasteiger partial charge in [0, 0.05) is 26.8 Å². The van der Waals surface area contributed by atoms with Crippen LogP contribution in [0.3, 0.4) is 0 Å². The maximum absolute atomic E-state index is 13.1. The first kappa shape index (κ1) is 15.9. The number of methoxy groups -OCH3 is 1. The van der Waals surface area contributed by atoms with Crippen LogP contribution in [0, 0.1) is 11.7 Å². The average molecular weight is 279 g/mol. The third-order valence-corrected chi connectivity index (χ3v) is 2.56. The zero-order valence-electron chi connectivity index (χ0n) is 10.9. The van der Waals surface area contributed by atoms with Crippen molar-refractivity contribution < 1.29 is 22.3 Å². The number of halogens is 4. The lowest BCUT2D eigenvalue weighted by molar-refractivity contribution is -0.137. The fourth-order valence-corrected chi connectivity index (χ4v) is 1.72. The molecule has 6 heteroatoms. The van der Waals surface area contributed by atoms with Crippen molar-refractivity contribution in [2.75, 3.05) is 20.3 Å². The molecule has 0 spiro atoms. The van der Waals surface area contributed by atoms with E-state index in [9.17, 15) is 17.6 Å². The Morgan fingerprint density at radius 1 is 1.26 bits per heavy atom. The Balaban J connectivity index is 2.61. The molecule has 0 amide bonds. The number of alkyl halides is 3. The van der Waals surface area contributed by atoms with Crippen molar-refractivity contribution in [2.24, 2.45) is 5.92 Å². The molecule has 1 N–H and O–H groups in total. The van der Waals surface area contributed by atoms with Crippen molar-refractivity contribution in [3.05, 3.63) is 35.1 Å². The zero-order valence-corrected chi connectivity index (χ0v) is 10.9. The highest BCUT2D eigenvalue weighted by atomic mass is 19.4. The standard InChI is InChI=1S/C13H17F4NO/c1-9(8-19-2)6-18-7-10-3-11(13(15,16)17)5-12(14)4-10/h3-5,9,18H,6-8H2,1-2H3. The average Bonchev–Trinajstić information content (AvgIpc) is 2.27. The molecule has 108 valence electrons. The van der Waals surface area contributed by atoms with E-state index < -0.39 is 17.6 Å². The molecule has 0 bridgehead atoms. The van der Waals surface area contributed by atoms with Gasteiger partial charge < -0.3 is 10.1 Å². The summed E-state index contributed by atoms with van der Waals surface area (Å²) in [5.74, 6) is -0.641. The second kappa shape index (κ2) is 6.86. The minimum absolute atomic E-state index is 0.189. The van der Waals surface area contributed by atoms with Gasteiger partial charge in [0.05, 0.1) is 5.56 Å². The number of rotatable bonds is 6. The summed E-state index contributed by atoms with van der Waals surface area (Å²) in [4.78, 5) is 0. The van der Waals surface area contributed by atoms with Gasteiger partial charge in [-0.05, 0) is 29.7 Å². The van der Waals surface area contributed by atoms with Crippen LogP contribution >= 0.6 is 0 Å². The highest BCUT2D eigenvalue weighted by molar-refractivity contribution is 5.26. The fraction of sp³-hybridized carbons (Fsp3) is 0.538. The van der Waals surface area contributed by atoms with E-state index in [-0.39, 0.29) is 18.0 Å². The van der Waals surface area contributed by atoms with Gasteiger partial charge in [0.1, 0.15) is 5.82 Å². The summed E-state index contributed by atoms with van der Waals surface area (Å²) < 4.78 is 55.5. The van der Waals surface area contributed by atoms with Crippen LogP contribution < -0.4 is 5.32 Å². The molecule has 1 rings (SSSR count). The van der Waals surface area contributed by atoms with Crippen molar-refractivity contribution in [3.8, 4) is 0 Å². The highest BCUT2D eigenvalue weighted by Gasteiger charge is 2.31. The molecular weight excluding hydrogens is 262 g/mol. The summed E-state index contributed by atoms with van der Waals surface area (Å²) in [6, 6.07) is 2.55. The van der Waals surface area contributed by atoms with Crippen LogP contribution in [-0.2, 0) is 17.5 Å². The van der Waals surface area contributed by atoms with E-state index in [0.717, 1.165) is 12.1 Å². The summed E-state index contributed by atoms with van der Waals surface area (Å²) in [7, 11) is 1.58. The van der Waals surface area contributed by atoms with Gasteiger partial charge in [0.2, 0.25) is 0 Å². The molecule has 0 aliphatic carbocycles. The molecule has 0 heterocycles. The fourth-order valence-electron chi connectivity index (χ4n) is 1.72.